The molecule has 0 aromatic carbocycles. The van der Waals surface area contributed by atoms with Gasteiger partial charge in [-0.15, -0.1) is 0 Å². The summed E-state index contributed by atoms with van der Waals surface area (Å²) in [4.78, 5) is 16.1. The maximum absolute atomic E-state index is 12.0. The number of amides is 1. The third kappa shape index (κ3) is 8.16. The van der Waals surface area contributed by atoms with E-state index >= 15 is 0 Å². The molecule has 102 valence electrons. The van der Waals surface area contributed by atoms with Crippen LogP contribution in [0.25, 0.3) is 0 Å². The molecule has 0 unspecified atom stereocenters. The Balaban J connectivity index is 3.92. The summed E-state index contributed by atoms with van der Waals surface area (Å²) in [6.07, 6.45) is 3.16. The highest BCUT2D eigenvalue weighted by Gasteiger charge is 2.13. The number of hydrogen-bond acceptors (Lipinski definition) is 3. The summed E-state index contributed by atoms with van der Waals surface area (Å²) >= 11 is 0. The Bertz CT molecular complexity index is 191. The fraction of sp³-hybridized carbons (Fsp3) is 0.923. The van der Waals surface area contributed by atoms with E-state index in [4.69, 9.17) is 0 Å². The number of likely N-dealkylation sites (N-methyl/N-ethyl adjacent to an activating group) is 1. The molecule has 0 heterocycles. The van der Waals surface area contributed by atoms with Crippen LogP contribution in [0.5, 0.6) is 0 Å². The van der Waals surface area contributed by atoms with Crippen LogP contribution in [-0.4, -0.2) is 62.5 Å². The van der Waals surface area contributed by atoms with E-state index in [1.165, 1.54) is 0 Å². The molecule has 0 atom stereocenters. The summed E-state index contributed by atoms with van der Waals surface area (Å²) in [5.41, 5.74) is 0. The minimum absolute atomic E-state index is 0.264. The molecule has 1 N–H and O–H groups in total. The van der Waals surface area contributed by atoms with Crippen LogP contribution in [0, 0.1) is 0 Å². The number of hydrogen-bond donors (Lipinski definition) is 1. The van der Waals surface area contributed by atoms with Gasteiger partial charge in [0, 0.05) is 13.1 Å². The Labute approximate surface area is 106 Å². The van der Waals surface area contributed by atoms with Gasteiger partial charge in [0.15, 0.2) is 0 Å². The van der Waals surface area contributed by atoms with Crippen LogP contribution in [0.2, 0.25) is 0 Å². The average Bonchev–Trinajstić information content (AvgIpc) is 2.29. The van der Waals surface area contributed by atoms with Crippen molar-refractivity contribution in [3.63, 3.8) is 0 Å². The standard InChI is InChI=1S/C13H29N3O/c1-5-9-16(10-6-2)13(17)12-15(4)11-7-8-14-3/h14H,5-12H2,1-4H3. The van der Waals surface area contributed by atoms with Crippen molar-refractivity contribution in [2.24, 2.45) is 0 Å². The molecule has 0 aliphatic heterocycles. The lowest BCUT2D eigenvalue weighted by Gasteiger charge is -2.24. The third-order valence-electron chi connectivity index (χ3n) is 2.71. The van der Waals surface area contributed by atoms with Gasteiger partial charge in [-0.3, -0.25) is 9.69 Å². The van der Waals surface area contributed by atoms with Crippen molar-refractivity contribution in [3.8, 4) is 0 Å². The van der Waals surface area contributed by atoms with Gasteiger partial charge in [-0.2, -0.15) is 0 Å². The van der Waals surface area contributed by atoms with Gasteiger partial charge in [-0.1, -0.05) is 13.8 Å². The van der Waals surface area contributed by atoms with Crippen molar-refractivity contribution >= 4 is 5.91 Å². The second kappa shape index (κ2) is 10.5. The molecule has 4 heteroatoms. The van der Waals surface area contributed by atoms with Crippen molar-refractivity contribution < 1.29 is 4.79 Å². The van der Waals surface area contributed by atoms with Crippen LogP contribution >= 0.6 is 0 Å². The summed E-state index contributed by atoms with van der Waals surface area (Å²) < 4.78 is 0. The summed E-state index contributed by atoms with van der Waals surface area (Å²) in [6.45, 7) is 8.53. The van der Waals surface area contributed by atoms with Gasteiger partial charge >= 0.3 is 0 Å². The molecule has 0 aliphatic rings. The Morgan fingerprint density at radius 1 is 1.12 bits per heavy atom. The molecule has 0 radical (unpaired) electrons. The predicted molar refractivity (Wildman–Crippen MR) is 73.2 cm³/mol. The van der Waals surface area contributed by atoms with E-state index in [0.717, 1.165) is 45.4 Å². The van der Waals surface area contributed by atoms with Crippen LogP contribution < -0.4 is 5.32 Å². The second-order valence-electron chi connectivity index (χ2n) is 4.58. The highest BCUT2D eigenvalue weighted by molar-refractivity contribution is 5.78. The summed E-state index contributed by atoms with van der Waals surface area (Å²) in [7, 11) is 3.97. The number of rotatable bonds is 10. The number of nitrogens with one attached hydrogen (secondary N) is 1. The monoisotopic (exact) mass is 243 g/mol. The molecule has 0 aromatic heterocycles. The first-order valence-corrected chi connectivity index (χ1v) is 6.76. The minimum Gasteiger partial charge on any atom is -0.342 e. The summed E-state index contributed by atoms with van der Waals surface area (Å²) in [5, 5.41) is 3.12. The van der Waals surface area contributed by atoms with Gasteiger partial charge in [0.1, 0.15) is 0 Å². The van der Waals surface area contributed by atoms with Crippen molar-refractivity contribution in [3.05, 3.63) is 0 Å². The average molecular weight is 243 g/mol. The largest absolute Gasteiger partial charge is 0.342 e. The third-order valence-corrected chi connectivity index (χ3v) is 2.71. The SMILES string of the molecule is CCCN(CCC)C(=O)CN(C)CCCNC. The van der Waals surface area contributed by atoms with E-state index < -0.39 is 0 Å². The lowest BCUT2D eigenvalue weighted by atomic mass is 10.3. The van der Waals surface area contributed by atoms with E-state index in [1.54, 1.807) is 0 Å². The first-order chi connectivity index (χ1) is 8.15. The van der Waals surface area contributed by atoms with E-state index in [-0.39, 0.29) is 5.91 Å². The molecule has 0 aromatic rings. The van der Waals surface area contributed by atoms with E-state index in [0.29, 0.717) is 6.54 Å². The lowest BCUT2D eigenvalue weighted by molar-refractivity contribution is -0.132. The molecule has 0 rings (SSSR count). The molecular weight excluding hydrogens is 214 g/mol. The highest BCUT2D eigenvalue weighted by Crippen LogP contribution is 1.97. The Morgan fingerprint density at radius 2 is 1.71 bits per heavy atom. The van der Waals surface area contributed by atoms with Crippen LogP contribution in [0.15, 0.2) is 0 Å². The Morgan fingerprint density at radius 3 is 2.18 bits per heavy atom. The van der Waals surface area contributed by atoms with E-state index in [1.807, 2.05) is 19.0 Å². The van der Waals surface area contributed by atoms with Crippen LogP contribution in [0.4, 0.5) is 0 Å². The van der Waals surface area contributed by atoms with Gasteiger partial charge in [0.2, 0.25) is 5.91 Å². The van der Waals surface area contributed by atoms with Gasteiger partial charge < -0.3 is 10.2 Å². The van der Waals surface area contributed by atoms with Crippen molar-refractivity contribution in [1.82, 2.24) is 15.1 Å². The van der Waals surface area contributed by atoms with Crippen molar-refractivity contribution in [2.45, 2.75) is 33.1 Å². The van der Waals surface area contributed by atoms with E-state index in [2.05, 4.69) is 24.1 Å². The molecule has 0 saturated heterocycles. The van der Waals surface area contributed by atoms with E-state index in [9.17, 15) is 4.79 Å². The molecule has 4 nitrogen and oxygen atoms in total. The first-order valence-electron chi connectivity index (χ1n) is 6.76. The van der Waals surface area contributed by atoms with Crippen LogP contribution in [-0.2, 0) is 4.79 Å². The smallest absolute Gasteiger partial charge is 0.236 e. The lowest BCUT2D eigenvalue weighted by Crippen LogP contribution is -2.40. The van der Waals surface area contributed by atoms with Crippen molar-refractivity contribution in [1.29, 1.82) is 0 Å². The normalized spacial score (nSPS) is 10.9. The molecule has 0 bridgehead atoms. The molecule has 17 heavy (non-hydrogen) atoms. The number of nitrogens with zero attached hydrogens (tertiary/aromatic N) is 2. The van der Waals surface area contributed by atoms with Crippen LogP contribution in [0.1, 0.15) is 33.1 Å². The Kier molecular flexibility index (Phi) is 10.2. The highest BCUT2D eigenvalue weighted by atomic mass is 16.2. The zero-order valence-electron chi connectivity index (χ0n) is 12.0. The molecule has 1 amide bonds. The predicted octanol–water partition coefficient (Wildman–Crippen LogP) is 1.18. The summed E-state index contributed by atoms with van der Waals surface area (Å²) in [6, 6.07) is 0. The van der Waals surface area contributed by atoms with Gasteiger partial charge in [0.25, 0.3) is 0 Å². The Hall–Kier alpha value is -0.610. The molecule has 0 fully saturated rings. The number of carbonyl (C=O) groups is 1. The molecule has 0 saturated carbocycles. The summed E-state index contributed by atoms with van der Waals surface area (Å²) in [5.74, 6) is 0.264. The van der Waals surface area contributed by atoms with Gasteiger partial charge in [0.05, 0.1) is 6.54 Å². The molecule has 0 spiro atoms. The number of carbonyl (C=O) groups excluding carboxylic acids is 1. The molecular formula is C13H29N3O. The fourth-order valence-electron chi connectivity index (χ4n) is 1.84. The second-order valence-corrected chi connectivity index (χ2v) is 4.58. The quantitative estimate of drug-likeness (QED) is 0.585. The van der Waals surface area contributed by atoms with Crippen LogP contribution in [0.3, 0.4) is 0 Å². The molecule has 0 aliphatic carbocycles. The van der Waals surface area contributed by atoms with Gasteiger partial charge in [-0.25, -0.2) is 0 Å². The topological polar surface area (TPSA) is 35.6 Å². The zero-order valence-corrected chi connectivity index (χ0v) is 12.0. The van der Waals surface area contributed by atoms with Gasteiger partial charge in [-0.05, 0) is 46.4 Å². The first kappa shape index (κ1) is 16.4. The van der Waals surface area contributed by atoms with Crippen molar-refractivity contribution in [2.75, 3.05) is 46.8 Å². The zero-order chi connectivity index (χ0) is 13.1. The minimum atomic E-state index is 0.264. The maximum atomic E-state index is 12.0. The maximum Gasteiger partial charge on any atom is 0.236 e. The fourth-order valence-corrected chi connectivity index (χ4v) is 1.84.